The van der Waals surface area contributed by atoms with Crippen molar-refractivity contribution in [2.45, 2.75) is 6.92 Å². The van der Waals surface area contributed by atoms with Gasteiger partial charge >= 0.3 is 0 Å². The molecule has 1 radical (unpaired) electrons. The molecule has 0 fully saturated rings. The van der Waals surface area contributed by atoms with Crippen LogP contribution in [0.15, 0.2) is 91.3 Å². The summed E-state index contributed by atoms with van der Waals surface area (Å²) in [5.74, 6) is -1.65. The molecule has 0 bridgehead atoms. The molecule has 0 atom stereocenters. The minimum absolute atomic E-state index is 0. The van der Waals surface area contributed by atoms with E-state index in [9.17, 15) is 13.2 Å². The molecule has 6 aromatic rings. The molecule has 0 saturated carbocycles. The average Bonchev–Trinajstić information content (AvgIpc) is 3.34. The molecule has 0 spiro atoms. The zero-order valence-corrected chi connectivity index (χ0v) is 23.1. The SMILES string of the molecule is Cc1cccc(-c2[c-]cccc2)n1.Fc1c[c-]c(-c2ncnc3cc(-c4ccc(F)cc4F)sc23)cc1.[Ir]. The van der Waals surface area contributed by atoms with Gasteiger partial charge in [-0.3, -0.25) is 9.37 Å². The third-order valence-electron chi connectivity index (χ3n) is 5.41. The number of aryl methyl sites for hydroxylation is 1. The molecule has 3 nitrogen and oxygen atoms in total. The number of pyridine rings is 1. The summed E-state index contributed by atoms with van der Waals surface area (Å²) in [4.78, 5) is 13.5. The van der Waals surface area contributed by atoms with Crippen molar-refractivity contribution >= 4 is 21.6 Å². The second kappa shape index (κ2) is 12.2. The largest absolute Gasteiger partial charge is 0.302 e. The number of hydrogen-bond acceptors (Lipinski definition) is 4. The molecule has 3 aromatic heterocycles. The van der Waals surface area contributed by atoms with Crippen molar-refractivity contribution in [2.24, 2.45) is 0 Å². The van der Waals surface area contributed by atoms with Gasteiger partial charge in [0.1, 0.15) is 18.0 Å². The molecular weight excluding hydrogens is 684 g/mol. The Balaban J connectivity index is 0.000000204. The van der Waals surface area contributed by atoms with Crippen LogP contribution in [-0.2, 0) is 20.1 Å². The molecule has 3 aromatic carbocycles. The van der Waals surface area contributed by atoms with Crippen LogP contribution in [0.5, 0.6) is 0 Å². The number of halogens is 3. The van der Waals surface area contributed by atoms with Crippen molar-refractivity contribution in [1.82, 2.24) is 15.0 Å². The van der Waals surface area contributed by atoms with Gasteiger partial charge in [0.2, 0.25) is 0 Å². The van der Waals surface area contributed by atoms with Gasteiger partial charge < -0.3 is 4.98 Å². The maximum absolute atomic E-state index is 14.0. The Morgan fingerprint density at radius 1 is 0.789 bits per heavy atom. The number of benzene rings is 3. The van der Waals surface area contributed by atoms with Crippen LogP contribution in [0, 0.1) is 36.5 Å². The first-order chi connectivity index (χ1) is 18.0. The summed E-state index contributed by atoms with van der Waals surface area (Å²) in [6.45, 7) is 1.99. The van der Waals surface area contributed by atoms with Gasteiger partial charge in [0, 0.05) is 58.5 Å². The van der Waals surface area contributed by atoms with Crippen LogP contribution in [0.4, 0.5) is 13.2 Å². The number of fused-ring (bicyclic) bond motifs is 1. The smallest absolute Gasteiger partial charge is 0.134 e. The number of nitrogens with zero attached hydrogens (tertiary/aromatic N) is 3. The summed E-state index contributed by atoms with van der Waals surface area (Å²) >= 11 is 1.29. The summed E-state index contributed by atoms with van der Waals surface area (Å²) in [7, 11) is 0. The van der Waals surface area contributed by atoms with E-state index in [4.69, 9.17) is 0 Å². The van der Waals surface area contributed by atoms with Gasteiger partial charge in [-0.25, -0.2) is 13.8 Å². The molecule has 38 heavy (non-hydrogen) atoms. The summed E-state index contributed by atoms with van der Waals surface area (Å²) in [5.41, 5.74) is 5.23. The molecular formula is C30H18F3IrN3S-2. The Morgan fingerprint density at radius 3 is 2.34 bits per heavy atom. The Hall–Kier alpha value is -3.71. The molecule has 0 aliphatic rings. The Kier molecular flexibility index (Phi) is 8.79. The maximum Gasteiger partial charge on any atom is 0.134 e. The number of thiophene rings is 1. The molecule has 0 amide bonds. The second-order valence-electron chi connectivity index (χ2n) is 8.03. The topological polar surface area (TPSA) is 38.7 Å². The minimum atomic E-state index is -0.635. The van der Waals surface area contributed by atoms with E-state index in [-0.39, 0.29) is 25.9 Å². The fraction of sp³-hybridized carbons (Fsp3) is 0.0333. The van der Waals surface area contributed by atoms with Crippen LogP contribution < -0.4 is 0 Å². The number of hydrogen-bond donors (Lipinski definition) is 0. The van der Waals surface area contributed by atoms with Gasteiger partial charge in [0.25, 0.3) is 0 Å². The third kappa shape index (κ3) is 6.22. The molecule has 8 heteroatoms. The molecule has 0 aliphatic carbocycles. The van der Waals surface area contributed by atoms with Crippen molar-refractivity contribution in [3.8, 4) is 33.0 Å². The van der Waals surface area contributed by atoms with Crippen molar-refractivity contribution < 1.29 is 33.3 Å². The number of rotatable bonds is 3. The van der Waals surface area contributed by atoms with Crippen LogP contribution >= 0.6 is 11.3 Å². The first kappa shape index (κ1) is 27.3. The van der Waals surface area contributed by atoms with Crippen molar-refractivity contribution in [3.63, 3.8) is 0 Å². The molecule has 0 N–H and O–H groups in total. The Morgan fingerprint density at radius 2 is 1.63 bits per heavy atom. The zero-order valence-electron chi connectivity index (χ0n) is 19.9. The summed E-state index contributed by atoms with van der Waals surface area (Å²) in [6, 6.07) is 29.2. The van der Waals surface area contributed by atoms with Crippen molar-refractivity contribution in [1.29, 1.82) is 0 Å². The molecule has 191 valence electrons. The predicted molar refractivity (Wildman–Crippen MR) is 140 cm³/mol. The Labute approximate surface area is 235 Å². The minimum Gasteiger partial charge on any atom is -0.302 e. The van der Waals surface area contributed by atoms with E-state index < -0.39 is 11.6 Å². The van der Waals surface area contributed by atoms with Crippen LogP contribution in [0.3, 0.4) is 0 Å². The first-order valence-corrected chi connectivity index (χ1v) is 12.1. The molecule has 0 unspecified atom stereocenters. The molecule has 0 saturated heterocycles. The van der Waals surface area contributed by atoms with Crippen molar-refractivity contribution in [3.05, 3.63) is 127 Å². The summed E-state index contributed by atoms with van der Waals surface area (Å²) in [5, 5.41) is 0. The van der Waals surface area contributed by atoms with E-state index >= 15 is 0 Å². The van der Waals surface area contributed by atoms with Gasteiger partial charge in [-0.05, 0) is 36.9 Å². The van der Waals surface area contributed by atoms with Gasteiger partial charge in [-0.1, -0.05) is 12.1 Å². The van der Waals surface area contributed by atoms with Crippen LogP contribution in [0.2, 0.25) is 0 Å². The monoisotopic (exact) mass is 702 g/mol. The van der Waals surface area contributed by atoms with E-state index in [1.165, 1.54) is 41.9 Å². The summed E-state index contributed by atoms with van der Waals surface area (Å²) < 4.78 is 40.9. The second-order valence-corrected chi connectivity index (χ2v) is 9.08. The molecule has 0 aliphatic heterocycles. The van der Waals surface area contributed by atoms with E-state index in [0.717, 1.165) is 27.7 Å². The fourth-order valence-electron chi connectivity index (χ4n) is 3.67. The zero-order chi connectivity index (χ0) is 25.8. The van der Waals surface area contributed by atoms with E-state index in [0.29, 0.717) is 27.2 Å². The van der Waals surface area contributed by atoms with Gasteiger partial charge in [0.05, 0.1) is 5.52 Å². The average molecular weight is 702 g/mol. The number of aromatic nitrogens is 3. The van der Waals surface area contributed by atoms with E-state index in [1.807, 2.05) is 49.4 Å². The van der Waals surface area contributed by atoms with Crippen LogP contribution in [0.1, 0.15) is 5.69 Å². The normalized spacial score (nSPS) is 10.4. The predicted octanol–water partition coefficient (Wildman–Crippen LogP) is 8.10. The third-order valence-corrected chi connectivity index (χ3v) is 6.58. The van der Waals surface area contributed by atoms with Gasteiger partial charge in [-0.15, -0.1) is 77.1 Å². The van der Waals surface area contributed by atoms with E-state index in [2.05, 4.69) is 27.1 Å². The standard InChI is InChI=1S/C18H8F3N2S.C12H10N.Ir/c19-11-3-1-10(2-4-11)17-18-15(22-9-23-17)8-16(24-18)13-6-5-12(20)7-14(13)21;1-10-6-5-9-12(13-10)11-7-3-2-4-8-11;/h1,3-9H;2-7,9H,1H3;/q2*-1;. The fourth-order valence-corrected chi connectivity index (χ4v) is 4.81. The molecule has 6 rings (SSSR count). The summed E-state index contributed by atoms with van der Waals surface area (Å²) in [6.07, 6.45) is 1.40. The van der Waals surface area contributed by atoms with Gasteiger partial charge in [0.15, 0.2) is 0 Å². The van der Waals surface area contributed by atoms with Crippen LogP contribution in [-0.4, -0.2) is 15.0 Å². The van der Waals surface area contributed by atoms with Crippen molar-refractivity contribution in [2.75, 3.05) is 0 Å². The Bertz CT molecular complexity index is 1670. The molecule has 3 heterocycles. The first-order valence-electron chi connectivity index (χ1n) is 11.3. The van der Waals surface area contributed by atoms with Crippen LogP contribution in [0.25, 0.3) is 43.2 Å². The van der Waals surface area contributed by atoms with Gasteiger partial charge in [-0.2, -0.15) is 0 Å². The quantitative estimate of drug-likeness (QED) is 0.175. The van der Waals surface area contributed by atoms with E-state index in [1.54, 1.807) is 12.1 Å². The maximum atomic E-state index is 14.0.